The molecular formula is C12H16N4O2. The van der Waals surface area contributed by atoms with Crippen LogP contribution in [0.5, 0.6) is 0 Å². The van der Waals surface area contributed by atoms with Gasteiger partial charge in [0.25, 0.3) is 5.91 Å². The van der Waals surface area contributed by atoms with Crippen molar-refractivity contribution in [1.82, 2.24) is 20.4 Å². The van der Waals surface area contributed by atoms with E-state index in [4.69, 9.17) is 4.52 Å². The van der Waals surface area contributed by atoms with Crippen LogP contribution in [0.4, 0.5) is 0 Å². The summed E-state index contributed by atoms with van der Waals surface area (Å²) in [6.07, 6.45) is 3.33. The molecule has 1 amide bonds. The van der Waals surface area contributed by atoms with Crippen LogP contribution < -0.4 is 5.32 Å². The van der Waals surface area contributed by atoms with Gasteiger partial charge < -0.3 is 14.8 Å². The smallest absolute Gasteiger partial charge is 0.253 e. The minimum atomic E-state index is -0.313. The molecule has 1 atom stereocenters. The van der Waals surface area contributed by atoms with Gasteiger partial charge in [-0.05, 0) is 13.0 Å². The van der Waals surface area contributed by atoms with E-state index in [1.807, 2.05) is 20.8 Å². The summed E-state index contributed by atoms with van der Waals surface area (Å²) in [6, 6.07) is 1.39. The van der Waals surface area contributed by atoms with Crippen LogP contribution >= 0.6 is 0 Å². The van der Waals surface area contributed by atoms with Crippen molar-refractivity contribution in [1.29, 1.82) is 0 Å². The highest BCUT2D eigenvalue weighted by molar-refractivity contribution is 5.94. The van der Waals surface area contributed by atoms with Crippen molar-refractivity contribution >= 4 is 5.91 Å². The fourth-order valence-electron chi connectivity index (χ4n) is 1.46. The topological polar surface area (TPSA) is 83.8 Å². The fourth-order valence-corrected chi connectivity index (χ4v) is 1.46. The van der Waals surface area contributed by atoms with Gasteiger partial charge in [0.15, 0.2) is 5.82 Å². The summed E-state index contributed by atoms with van der Waals surface area (Å²) in [7, 11) is 0. The number of carbonyl (C=O) groups excluding carboxylic acids is 1. The van der Waals surface area contributed by atoms with E-state index < -0.39 is 0 Å². The van der Waals surface area contributed by atoms with E-state index >= 15 is 0 Å². The Labute approximate surface area is 105 Å². The van der Waals surface area contributed by atoms with Crippen LogP contribution in [0.15, 0.2) is 23.0 Å². The molecule has 18 heavy (non-hydrogen) atoms. The van der Waals surface area contributed by atoms with Gasteiger partial charge >= 0.3 is 0 Å². The third-order valence-electron chi connectivity index (χ3n) is 2.55. The number of aromatic nitrogens is 3. The molecule has 0 aliphatic heterocycles. The average Bonchev–Trinajstić information content (AvgIpc) is 3.00. The molecule has 0 spiro atoms. The van der Waals surface area contributed by atoms with Crippen LogP contribution in [0.25, 0.3) is 0 Å². The van der Waals surface area contributed by atoms with Crippen LogP contribution in [0.3, 0.4) is 0 Å². The molecule has 2 rings (SSSR count). The molecular weight excluding hydrogens is 232 g/mol. The molecule has 0 radical (unpaired) electrons. The van der Waals surface area contributed by atoms with Crippen molar-refractivity contribution in [3.8, 4) is 0 Å². The molecule has 2 aromatic rings. The molecule has 0 aromatic carbocycles. The van der Waals surface area contributed by atoms with E-state index in [1.165, 1.54) is 0 Å². The summed E-state index contributed by atoms with van der Waals surface area (Å²) in [4.78, 5) is 18.9. The Hall–Kier alpha value is -2.11. The van der Waals surface area contributed by atoms with E-state index in [-0.39, 0.29) is 17.9 Å². The number of carbonyl (C=O) groups is 1. The third kappa shape index (κ3) is 2.58. The number of H-pyrrole nitrogens is 1. The van der Waals surface area contributed by atoms with Crippen LogP contribution in [-0.2, 0) is 0 Å². The maximum atomic E-state index is 11.8. The molecule has 2 aromatic heterocycles. The molecule has 0 saturated carbocycles. The molecule has 2 N–H and O–H groups in total. The summed E-state index contributed by atoms with van der Waals surface area (Å²) >= 11 is 0. The SMILES string of the molecule is CC(C)c1noc(C(C)NC(=O)c2cc[nH]c2)n1. The number of aromatic amines is 1. The van der Waals surface area contributed by atoms with Gasteiger partial charge in [-0.2, -0.15) is 4.98 Å². The number of amides is 1. The Kier molecular flexibility index (Phi) is 3.45. The fraction of sp³-hybridized carbons (Fsp3) is 0.417. The van der Waals surface area contributed by atoms with Crippen LogP contribution in [-0.4, -0.2) is 21.0 Å². The Bertz CT molecular complexity index is 516. The van der Waals surface area contributed by atoms with Gasteiger partial charge in [-0.3, -0.25) is 4.79 Å². The molecule has 2 heterocycles. The van der Waals surface area contributed by atoms with Crippen molar-refractivity contribution in [2.45, 2.75) is 32.7 Å². The molecule has 6 nitrogen and oxygen atoms in total. The van der Waals surface area contributed by atoms with Crippen molar-refractivity contribution in [2.75, 3.05) is 0 Å². The molecule has 96 valence electrons. The molecule has 0 bridgehead atoms. The first-order valence-electron chi connectivity index (χ1n) is 5.85. The van der Waals surface area contributed by atoms with E-state index in [0.717, 1.165) is 0 Å². The molecule has 6 heteroatoms. The highest BCUT2D eigenvalue weighted by Crippen LogP contribution is 2.15. The third-order valence-corrected chi connectivity index (χ3v) is 2.55. The Balaban J connectivity index is 2.03. The summed E-state index contributed by atoms with van der Waals surface area (Å²) < 4.78 is 5.12. The summed E-state index contributed by atoms with van der Waals surface area (Å²) in [5.41, 5.74) is 0.574. The highest BCUT2D eigenvalue weighted by atomic mass is 16.5. The number of rotatable bonds is 4. The number of nitrogens with one attached hydrogen (secondary N) is 2. The van der Waals surface area contributed by atoms with Gasteiger partial charge in [-0.1, -0.05) is 19.0 Å². The van der Waals surface area contributed by atoms with Gasteiger partial charge in [0.2, 0.25) is 5.89 Å². The largest absolute Gasteiger partial charge is 0.367 e. The van der Waals surface area contributed by atoms with E-state index in [1.54, 1.807) is 18.5 Å². The molecule has 1 unspecified atom stereocenters. The van der Waals surface area contributed by atoms with Crippen LogP contribution in [0.2, 0.25) is 0 Å². The van der Waals surface area contributed by atoms with Crippen LogP contribution in [0, 0.1) is 0 Å². The lowest BCUT2D eigenvalue weighted by molar-refractivity contribution is 0.0932. The van der Waals surface area contributed by atoms with Gasteiger partial charge in [0.1, 0.15) is 6.04 Å². The van der Waals surface area contributed by atoms with E-state index in [0.29, 0.717) is 17.3 Å². The quantitative estimate of drug-likeness (QED) is 0.866. The molecule has 0 aliphatic rings. The summed E-state index contributed by atoms with van der Waals surface area (Å²) in [5, 5.41) is 6.66. The number of nitrogens with zero attached hydrogens (tertiary/aromatic N) is 2. The normalized spacial score (nSPS) is 12.7. The predicted octanol–water partition coefficient (Wildman–Crippen LogP) is 2.01. The van der Waals surface area contributed by atoms with Gasteiger partial charge in [-0.25, -0.2) is 0 Å². The first-order chi connectivity index (χ1) is 8.58. The zero-order chi connectivity index (χ0) is 13.1. The second-order valence-corrected chi connectivity index (χ2v) is 4.44. The first kappa shape index (κ1) is 12.3. The Morgan fingerprint density at radius 1 is 1.44 bits per heavy atom. The zero-order valence-corrected chi connectivity index (χ0v) is 10.6. The van der Waals surface area contributed by atoms with Crippen molar-refractivity contribution < 1.29 is 9.32 Å². The first-order valence-corrected chi connectivity index (χ1v) is 5.85. The van der Waals surface area contributed by atoms with Gasteiger partial charge in [0, 0.05) is 18.3 Å². The Morgan fingerprint density at radius 3 is 2.78 bits per heavy atom. The van der Waals surface area contributed by atoms with Gasteiger partial charge in [-0.15, -0.1) is 0 Å². The lowest BCUT2D eigenvalue weighted by Gasteiger charge is -2.08. The highest BCUT2D eigenvalue weighted by Gasteiger charge is 2.18. The average molecular weight is 248 g/mol. The number of hydrogen-bond acceptors (Lipinski definition) is 4. The molecule has 0 aliphatic carbocycles. The molecule has 0 fully saturated rings. The molecule has 0 saturated heterocycles. The maximum absolute atomic E-state index is 11.8. The monoisotopic (exact) mass is 248 g/mol. The standard InChI is InChI=1S/C12H16N4O2/c1-7(2)10-15-12(18-16-10)8(3)14-11(17)9-4-5-13-6-9/h4-8,13H,1-3H3,(H,14,17). The minimum Gasteiger partial charge on any atom is -0.367 e. The second kappa shape index (κ2) is 5.03. The Morgan fingerprint density at radius 2 is 2.22 bits per heavy atom. The number of hydrogen-bond donors (Lipinski definition) is 2. The zero-order valence-electron chi connectivity index (χ0n) is 10.6. The summed E-state index contributed by atoms with van der Waals surface area (Å²) in [6.45, 7) is 5.78. The lowest BCUT2D eigenvalue weighted by atomic mass is 10.2. The minimum absolute atomic E-state index is 0.173. The lowest BCUT2D eigenvalue weighted by Crippen LogP contribution is -2.26. The van der Waals surface area contributed by atoms with Crippen LogP contribution in [0.1, 0.15) is 54.8 Å². The van der Waals surface area contributed by atoms with E-state index in [9.17, 15) is 4.79 Å². The second-order valence-electron chi connectivity index (χ2n) is 4.44. The van der Waals surface area contributed by atoms with Crippen molar-refractivity contribution in [3.63, 3.8) is 0 Å². The van der Waals surface area contributed by atoms with E-state index in [2.05, 4.69) is 20.4 Å². The predicted molar refractivity (Wildman–Crippen MR) is 65.1 cm³/mol. The maximum Gasteiger partial charge on any atom is 0.253 e. The summed E-state index contributed by atoms with van der Waals surface area (Å²) in [5.74, 6) is 1.10. The van der Waals surface area contributed by atoms with Gasteiger partial charge in [0.05, 0.1) is 5.56 Å². The van der Waals surface area contributed by atoms with Crippen molar-refractivity contribution in [3.05, 3.63) is 35.7 Å². The van der Waals surface area contributed by atoms with Crippen molar-refractivity contribution in [2.24, 2.45) is 0 Å².